The first-order valence-corrected chi connectivity index (χ1v) is 14.3. The Bertz CT molecular complexity index is 1290. The highest BCUT2D eigenvalue weighted by molar-refractivity contribution is 9.10. The number of H-pyrrole nitrogens is 1. The fourth-order valence-corrected chi connectivity index (χ4v) is 4.99. The number of aromatic nitrogens is 3. The van der Waals surface area contributed by atoms with Crippen molar-refractivity contribution in [3.63, 3.8) is 0 Å². The highest BCUT2D eigenvalue weighted by Gasteiger charge is 2.13. The van der Waals surface area contributed by atoms with E-state index < -0.39 is 0 Å². The zero-order valence-electron chi connectivity index (χ0n) is 22.7. The number of pyridine rings is 1. The molecule has 4 aromatic rings. The van der Waals surface area contributed by atoms with Crippen LogP contribution in [-0.4, -0.2) is 43.7 Å². The van der Waals surface area contributed by atoms with Gasteiger partial charge >= 0.3 is 0 Å². The van der Waals surface area contributed by atoms with Gasteiger partial charge < -0.3 is 10.3 Å². The number of rotatable bonds is 14. The minimum Gasteiger partial charge on any atom is -0.348 e. The third-order valence-corrected chi connectivity index (χ3v) is 6.85. The van der Waals surface area contributed by atoms with Crippen LogP contribution in [0.1, 0.15) is 59.7 Å². The van der Waals surface area contributed by atoms with Crippen LogP contribution in [0.25, 0.3) is 0 Å². The van der Waals surface area contributed by atoms with Crippen molar-refractivity contribution in [1.82, 2.24) is 24.8 Å². The van der Waals surface area contributed by atoms with Crippen LogP contribution in [0.3, 0.4) is 0 Å². The second-order valence-corrected chi connectivity index (χ2v) is 10.6. The minimum atomic E-state index is -0.112. The Morgan fingerprint density at radius 2 is 1.51 bits per heavy atom. The molecule has 4 rings (SSSR count). The number of hydrogen-bond acceptors (Lipinski definition) is 5. The fourth-order valence-electron chi connectivity index (χ4n) is 4.61. The van der Waals surface area contributed by atoms with Crippen LogP contribution in [-0.2, 0) is 26.2 Å². The van der Waals surface area contributed by atoms with E-state index in [1.165, 1.54) is 5.56 Å². The lowest BCUT2D eigenvalue weighted by molar-refractivity contribution is 0.102. The standard InChI is InChI=1S/C31H37BrN6O/c1-3-18-37(19-4-2)20-25-10-14-27(15-11-25)36-31(39)26-12-8-24(9-13-26)21-38(23-30-33-16-17-34-30)22-28-6-5-7-29(32)35-28/h5-17H,3-4,18-23H2,1-2H3,(H,33,34)(H,36,39). The van der Waals surface area contributed by atoms with E-state index >= 15 is 0 Å². The van der Waals surface area contributed by atoms with E-state index in [2.05, 4.69) is 72.0 Å². The molecule has 2 N–H and O–H groups in total. The molecule has 0 atom stereocenters. The largest absolute Gasteiger partial charge is 0.348 e. The van der Waals surface area contributed by atoms with Crippen molar-refractivity contribution >= 4 is 27.5 Å². The second-order valence-electron chi connectivity index (χ2n) is 9.76. The van der Waals surface area contributed by atoms with Crippen molar-refractivity contribution in [1.29, 1.82) is 0 Å². The zero-order valence-corrected chi connectivity index (χ0v) is 24.3. The molecule has 204 valence electrons. The summed E-state index contributed by atoms with van der Waals surface area (Å²) in [7, 11) is 0. The number of benzene rings is 2. The van der Waals surface area contributed by atoms with Gasteiger partial charge in [0, 0.05) is 43.3 Å². The third-order valence-electron chi connectivity index (χ3n) is 6.41. The Kier molecular flexibility index (Phi) is 10.8. The summed E-state index contributed by atoms with van der Waals surface area (Å²) in [6.45, 7) is 9.60. The lowest BCUT2D eigenvalue weighted by atomic mass is 10.1. The van der Waals surface area contributed by atoms with E-state index in [0.717, 1.165) is 59.8 Å². The van der Waals surface area contributed by atoms with Crippen molar-refractivity contribution in [2.45, 2.75) is 52.9 Å². The summed E-state index contributed by atoms with van der Waals surface area (Å²) < 4.78 is 0.818. The molecule has 7 nitrogen and oxygen atoms in total. The van der Waals surface area contributed by atoms with E-state index in [1.807, 2.05) is 60.8 Å². The van der Waals surface area contributed by atoms with E-state index in [-0.39, 0.29) is 5.91 Å². The molecular formula is C31H37BrN6O. The maximum absolute atomic E-state index is 12.9. The van der Waals surface area contributed by atoms with Gasteiger partial charge in [-0.05, 0) is 89.4 Å². The predicted molar refractivity (Wildman–Crippen MR) is 160 cm³/mol. The lowest BCUT2D eigenvalue weighted by Gasteiger charge is -2.21. The lowest BCUT2D eigenvalue weighted by Crippen LogP contribution is -2.24. The molecule has 2 heterocycles. The zero-order chi connectivity index (χ0) is 27.5. The SMILES string of the molecule is CCCN(CCC)Cc1ccc(NC(=O)c2ccc(CN(Cc3cccc(Br)n3)Cc3ncc[nH]3)cc2)cc1. The molecule has 2 aromatic carbocycles. The van der Waals surface area contributed by atoms with Gasteiger partial charge in [-0.25, -0.2) is 9.97 Å². The monoisotopic (exact) mass is 588 g/mol. The summed E-state index contributed by atoms with van der Waals surface area (Å²) in [5.74, 6) is 0.786. The number of halogens is 1. The van der Waals surface area contributed by atoms with E-state index in [4.69, 9.17) is 0 Å². The van der Waals surface area contributed by atoms with Gasteiger partial charge in [0.15, 0.2) is 0 Å². The van der Waals surface area contributed by atoms with Gasteiger partial charge in [0.05, 0.1) is 12.2 Å². The minimum absolute atomic E-state index is 0.112. The van der Waals surface area contributed by atoms with Crippen LogP contribution < -0.4 is 5.32 Å². The molecule has 0 aliphatic rings. The first-order chi connectivity index (χ1) is 19.0. The van der Waals surface area contributed by atoms with Crippen LogP contribution in [0.15, 0.2) is 83.7 Å². The number of anilines is 1. The molecule has 0 bridgehead atoms. The Hall–Kier alpha value is -3.33. The maximum atomic E-state index is 12.9. The van der Waals surface area contributed by atoms with E-state index in [9.17, 15) is 4.79 Å². The predicted octanol–water partition coefficient (Wildman–Crippen LogP) is 6.64. The molecule has 0 saturated carbocycles. The van der Waals surface area contributed by atoms with Gasteiger partial charge in [-0.1, -0.05) is 44.2 Å². The van der Waals surface area contributed by atoms with Crippen LogP contribution in [0, 0.1) is 0 Å². The molecule has 8 heteroatoms. The number of nitrogens with one attached hydrogen (secondary N) is 2. The Balaban J connectivity index is 1.36. The molecule has 1 amide bonds. The number of carbonyl (C=O) groups is 1. The van der Waals surface area contributed by atoms with Crippen molar-refractivity contribution < 1.29 is 4.79 Å². The number of imidazole rings is 1. The molecule has 39 heavy (non-hydrogen) atoms. The molecule has 0 aliphatic carbocycles. The normalized spacial score (nSPS) is 11.3. The molecular weight excluding hydrogens is 552 g/mol. The quantitative estimate of drug-likeness (QED) is 0.161. The van der Waals surface area contributed by atoms with Gasteiger partial charge in [0.25, 0.3) is 5.91 Å². The fraction of sp³-hybridized carbons (Fsp3) is 0.323. The number of nitrogens with zero attached hydrogens (tertiary/aromatic N) is 4. The average molecular weight is 590 g/mol. The van der Waals surface area contributed by atoms with E-state index in [1.54, 1.807) is 6.20 Å². The van der Waals surface area contributed by atoms with Crippen LogP contribution >= 0.6 is 15.9 Å². The second kappa shape index (κ2) is 14.7. The van der Waals surface area contributed by atoms with E-state index in [0.29, 0.717) is 25.2 Å². The molecule has 0 saturated heterocycles. The number of hydrogen-bond donors (Lipinski definition) is 2. The Morgan fingerprint density at radius 3 is 2.13 bits per heavy atom. The first-order valence-electron chi connectivity index (χ1n) is 13.6. The van der Waals surface area contributed by atoms with Gasteiger partial charge in [0.2, 0.25) is 0 Å². The smallest absolute Gasteiger partial charge is 0.255 e. The van der Waals surface area contributed by atoms with Gasteiger partial charge in [-0.2, -0.15) is 0 Å². The average Bonchev–Trinajstić information content (AvgIpc) is 3.43. The maximum Gasteiger partial charge on any atom is 0.255 e. The summed E-state index contributed by atoms with van der Waals surface area (Å²) in [5, 5.41) is 3.03. The van der Waals surface area contributed by atoms with Crippen molar-refractivity contribution in [3.05, 3.63) is 112 Å². The van der Waals surface area contributed by atoms with Gasteiger partial charge in [-0.3, -0.25) is 14.6 Å². The summed E-state index contributed by atoms with van der Waals surface area (Å²) in [6.07, 6.45) is 5.90. The molecule has 2 aromatic heterocycles. The van der Waals surface area contributed by atoms with Gasteiger partial charge in [-0.15, -0.1) is 0 Å². The van der Waals surface area contributed by atoms with Crippen molar-refractivity contribution in [2.24, 2.45) is 0 Å². The number of aromatic amines is 1. The van der Waals surface area contributed by atoms with Crippen molar-refractivity contribution in [3.8, 4) is 0 Å². The van der Waals surface area contributed by atoms with Crippen LogP contribution in [0.2, 0.25) is 0 Å². The summed E-state index contributed by atoms with van der Waals surface area (Å²) >= 11 is 3.46. The van der Waals surface area contributed by atoms with Gasteiger partial charge in [0.1, 0.15) is 10.4 Å². The first kappa shape index (κ1) is 28.7. The molecule has 0 radical (unpaired) electrons. The third kappa shape index (κ3) is 9.13. The highest BCUT2D eigenvalue weighted by atomic mass is 79.9. The summed E-state index contributed by atoms with van der Waals surface area (Å²) in [6, 6.07) is 21.9. The molecule has 0 spiro atoms. The van der Waals surface area contributed by atoms with Crippen LogP contribution in [0.4, 0.5) is 5.69 Å². The Labute approximate surface area is 239 Å². The van der Waals surface area contributed by atoms with Crippen LogP contribution in [0.5, 0.6) is 0 Å². The summed E-state index contributed by atoms with van der Waals surface area (Å²) in [5.41, 5.74) is 4.78. The molecule has 0 fully saturated rings. The summed E-state index contributed by atoms with van der Waals surface area (Å²) in [4.78, 5) is 29.8. The topological polar surface area (TPSA) is 77.2 Å². The molecule has 0 unspecified atom stereocenters. The Morgan fingerprint density at radius 1 is 0.846 bits per heavy atom. The highest BCUT2D eigenvalue weighted by Crippen LogP contribution is 2.17. The number of amides is 1. The molecule has 0 aliphatic heterocycles. The number of carbonyl (C=O) groups excluding carboxylic acids is 1. The van der Waals surface area contributed by atoms with Crippen molar-refractivity contribution in [2.75, 3.05) is 18.4 Å².